The molecule has 0 atom stereocenters. The Morgan fingerprint density at radius 2 is 2.00 bits per heavy atom. The van der Waals surface area contributed by atoms with Gasteiger partial charge in [0.15, 0.2) is 11.6 Å². The molecule has 4 aromatic rings. The maximum absolute atomic E-state index is 13.6. The van der Waals surface area contributed by atoms with Gasteiger partial charge in [-0.1, -0.05) is 6.07 Å². The summed E-state index contributed by atoms with van der Waals surface area (Å²) in [6.07, 6.45) is 2.63. The van der Waals surface area contributed by atoms with E-state index in [0.717, 1.165) is 22.1 Å². The predicted octanol–water partition coefficient (Wildman–Crippen LogP) is 3.11. The van der Waals surface area contributed by atoms with E-state index >= 15 is 0 Å². The zero-order valence-corrected chi connectivity index (χ0v) is 17.7. The molecule has 0 aliphatic rings. The molecule has 8 nitrogen and oxygen atoms in total. The number of halogens is 2. The number of hydrogen-bond acceptors (Lipinski definition) is 6. The molecule has 170 valence electrons. The maximum atomic E-state index is 13.6. The molecule has 10 heteroatoms. The van der Waals surface area contributed by atoms with Crippen molar-refractivity contribution in [3.63, 3.8) is 0 Å². The van der Waals surface area contributed by atoms with Crippen LogP contribution < -0.4 is 15.6 Å². The minimum absolute atomic E-state index is 0.00210. The van der Waals surface area contributed by atoms with Gasteiger partial charge >= 0.3 is 0 Å². The summed E-state index contributed by atoms with van der Waals surface area (Å²) in [4.78, 5) is 29.5. The second-order valence-corrected chi connectivity index (χ2v) is 7.34. The number of benzene rings is 1. The molecule has 0 bridgehead atoms. The minimum atomic E-state index is -1.06. The van der Waals surface area contributed by atoms with Crippen LogP contribution >= 0.6 is 0 Å². The molecule has 0 saturated carbocycles. The number of carbonyl (C=O) groups excluding carboxylic acids is 1. The standard InChI is InChI=1S/C23H19F2N3O5/c1-12-20(29)15(7-13-3-4-16(24)17(25)8-13)22(31)28-11-18(33-23(12)28)21(30)27-10-14-5-6-26-19(9-14)32-2/h3-6,8-9,11,29H,7,10H2,1-2H3,(H,27,30). The molecule has 2 N–H and O–H groups in total. The van der Waals surface area contributed by atoms with Gasteiger partial charge in [-0.2, -0.15) is 0 Å². The smallest absolute Gasteiger partial charge is 0.288 e. The number of aryl methyl sites for hydroxylation is 1. The highest BCUT2D eigenvalue weighted by atomic mass is 19.2. The summed E-state index contributed by atoms with van der Waals surface area (Å²) in [5.74, 6) is -2.72. The van der Waals surface area contributed by atoms with Gasteiger partial charge in [0.1, 0.15) is 5.75 Å². The molecule has 0 saturated heterocycles. The van der Waals surface area contributed by atoms with Crippen molar-refractivity contribution in [3.8, 4) is 11.6 Å². The van der Waals surface area contributed by atoms with E-state index in [4.69, 9.17) is 9.15 Å². The summed E-state index contributed by atoms with van der Waals surface area (Å²) in [7, 11) is 1.48. The normalized spacial score (nSPS) is 11.0. The van der Waals surface area contributed by atoms with Crippen LogP contribution in [0.5, 0.6) is 11.6 Å². The first-order valence-corrected chi connectivity index (χ1v) is 9.86. The van der Waals surface area contributed by atoms with E-state index in [-0.39, 0.29) is 41.3 Å². The Morgan fingerprint density at radius 1 is 1.21 bits per heavy atom. The first kappa shape index (κ1) is 22.0. The second-order valence-electron chi connectivity index (χ2n) is 7.34. The van der Waals surface area contributed by atoms with Crippen molar-refractivity contribution in [2.45, 2.75) is 19.9 Å². The lowest BCUT2D eigenvalue weighted by Crippen LogP contribution is -2.22. The Balaban J connectivity index is 1.63. The number of amides is 1. The predicted molar refractivity (Wildman–Crippen MR) is 113 cm³/mol. The van der Waals surface area contributed by atoms with Gasteiger partial charge in [-0.05, 0) is 36.2 Å². The van der Waals surface area contributed by atoms with Crippen molar-refractivity contribution in [2.75, 3.05) is 7.11 Å². The van der Waals surface area contributed by atoms with Gasteiger partial charge in [-0.15, -0.1) is 0 Å². The molecule has 0 radical (unpaired) electrons. The Morgan fingerprint density at radius 3 is 2.73 bits per heavy atom. The van der Waals surface area contributed by atoms with Gasteiger partial charge in [0.2, 0.25) is 17.4 Å². The lowest BCUT2D eigenvalue weighted by atomic mass is 10.0. The van der Waals surface area contributed by atoms with Crippen LogP contribution in [0.25, 0.3) is 5.71 Å². The number of carbonyl (C=O) groups is 1. The number of hydrogen-bond donors (Lipinski definition) is 2. The van der Waals surface area contributed by atoms with Gasteiger partial charge < -0.3 is 19.6 Å². The monoisotopic (exact) mass is 455 g/mol. The molecule has 0 aliphatic heterocycles. The van der Waals surface area contributed by atoms with Crippen LogP contribution in [0.15, 0.2) is 51.9 Å². The Labute approximate surface area is 186 Å². The minimum Gasteiger partial charge on any atom is -0.507 e. The van der Waals surface area contributed by atoms with E-state index < -0.39 is 23.1 Å². The zero-order valence-electron chi connectivity index (χ0n) is 17.7. The SMILES string of the molecule is COc1cc(CNC(=O)c2cn3c(=O)c(Cc4ccc(F)c(F)c4)c(O)c(C)c3o2)ccn1. The van der Waals surface area contributed by atoms with Crippen LogP contribution in [0.1, 0.15) is 32.8 Å². The first-order valence-electron chi connectivity index (χ1n) is 9.86. The number of oxazole rings is 1. The van der Waals surface area contributed by atoms with Gasteiger partial charge in [0.05, 0.1) is 24.4 Å². The number of ether oxygens (including phenoxy) is 1. The van der Waals surface area contributed by atoms with E-state index in [0.29, 0.717) is 11.4 Å². The van der Waals surface area contributed by atoms with E-state index in [1.807, 2.05) is 0 Å². The summed E-state index contributed by atoms with van der Waals surface area (Å²) >= 11 is 0. The van der Waals surface area contributed by atoms with E-state index in [1.165, 1.54) is 26.3 Å². The molecular formula is C23H19F2N3O5. The summed E-state index contributed by atoms with van der Waals surface area (Å²) in [5.41, 5.74) is 0.598. The average molecular weight is 455 g/mol. The molecule has 3 aromatic heterocycles. The third-order valence-corrected chi connectivity index (χ3v) is 5.16. The van der Waals surface area contributed by atoms with Gasteiger partial charge in [0, 0.05) is 25.2 Å². The topological polar surface area (TPSA) is 106 Å². The van der Waals surface area contributed by atoms with Crippen LogP contribution in [0, 0.1) is 18.6 Å². The number of fused-ring (bicyclic) bond motifs is 1. The molecule has 0 aliphatic carbocycles. The maximum Gasteiger partial charge on any atom is 0.288 e. The fraction of sp³-hybridized carbons (Fsp3) is 0.174. The quantitative estimate of drug-likeness (QED) is 0.463. The van der Waals surface area contributed by atoms with Crippen LogP contribution in [0.3, 0.4) is 0 Å². The summed E-state index contributed by atoms with van der Waals surface area (Å²) in [5, 5.41) is 13.2. The van der Waals surface area contributed by atoms with Crippen molar-refractivity contribution in [3.05, 3.63) is 92.7 Å². The average Bonchev–Trinajstić information content (AvgIpc) is 3.27. The molecule has 0 spiro atoms. The molecular weight excluding hydrogens is 436 g/mol. The Hall–Kier alpha value is -4.21. The molecule has 3 heterocycles. The van der Waals surface area contributed by atoms with Crippen LogP contribution in [0.4, 0.5) is 8.78 Å². The molecule has 1 amide bonds. The summed E-state index contributed by atoms with van der Waals surface area (Å²) in [6.45, 7) is 1.68. The zero-order chi connectivity index (χ0) is 23.7. The van der Waals surface area contributed by atoms with E-state index in [1.54, 1.807) is 18.3 Å². The number of aromatic hydroxyl groups is 1. The van der Waals surface area contributed by atoms with Crippen LogP contribution in [-0.4, -0.2) is 27.5 Å². The van der Waals surface area contributed by atoms with E-state index in [9.17, 15) is 23.5 Å². The highest BCUT2D eigenvalue weighted by molar-refractivity contribution is 5.91. The van der Waals surface area contributed by atoms with Crippen molar-refractivity contribution in [1.29, 1.82) is 0 Å². The van der Waals surface area contributed by atoms with Gasteiger partial charge in [-0.25, -0.2) is 18.2 Å². The molecule has 33 heavy (non-hydrogen) atoms. The number of pyridine rings is 2. The molecule has 0 fully saturated rings. The fourth-order valence-corrected chi connectivity index (χ4v) is 3.40. The van der Waals surface area contributed by atoms with E-state index in [2.05, 4.69) is 10.3 Å². The Bertz CT molecular complexity index is 1430. The largest absolute Gasteiger partial charge is 0.507 e. The highest BCUT2D eigenvalue weighted by Crippen LogP contribution is 2.27. The first-order chi connectivity index (χ1) is 15.8. The molecule has 0 unspecified atom stereocenters. The van der Waals surface area contributed by atoms with Crippen molar-refractivity contribution in [1.82, 2.24) is 14.7 Å². The van der Waals surface area contributed by atoms with Crippen molar-refractivity contribution >= 4 is 11.6 Å². The molecule has 4 rings (SSSR count). The lowest BCUT2D eigenvalue weighted by molar-refractivity contribution is 0.0925. The number of methoxy groups -OCH3 is 1. The lowest BCUT2D eigenvalue weighted by Gasteiger charge is -2.08. The van der Waals surface area contributed by atoms with Crippen molar-refractivity contribution in [2.24, 2.45) is 0 Å². The Kier molecular flexibility index (Phi) is 5.82. The third kappa shape index (κ3) is 4.27. The summed E-state index contributed by atoms with van der Waals surface area (Å²) < 4.78 is 38.5. The van der Waals surface area contributed by atoms with Gasteiger partial charge in [0.25, 0.3) is 11.5 Å². The number of nitrogens with zero attached hydrogens (tertiary/aromatic N) is 2. The second kappa shape index (κ2) is 8.73. The third-order valence-electron chi connectivity index (χ3n) is 5.16. The van der Waals surface area contributed by atoms with Crippen LogP contribution in [0.2, 0.25) is 0 Å². The number of aromatic nitrogens is 2. The van der Waals surface area contributed by atoms with Gasteiger partial charge in [-0.3, -0.25) is 9.59 Å². The summed E-state index contributed by atoms with van der Waals surface area (Å²) in [6, 6.07) is 6.60. The van der Waals surface area contributed by atoms with Crippen molar-refractivity contribution < 1.29 is 27.8 Å². The van der Waals surface area contributed by atoms with Crippen LogP contribution in [-0.2, 0) is 13.0 Å². The highest BCUT2D eigenvalue weighted by Gasteiger charge is 2.21. The number of nitrogens with one attached hydrogen (secondary N) is 1. The molecule has 1 aromatic carbocycles. The fourth-order valence-electron chi connectivity index (χ4n) is 3.40. The number of rotatable bonds is 6.